The molecule has 1 fully saturated rings. The molecular weight excluding hydrogens is 524 g/mol. The van der Waals surface area contributed by atoms with Crippen molar-refractivity contribution in [3.05, 3.63) is 107 Å². The van der Waals surface area contributed by atoms with Crippen LogP contribution in [0.5, 0.6) is 0 Å². The smallest absolute Gasteiger partial charge is 0.226 e. The van der Waals surface area contributed by atoms with Crippen LogP contribution in [0, 0.1) is 6.92 Å². The number of para-hydroxylation sites is 1. The van der Waals surface area contributed by atoms with Gasteiger partial charge in [-0.05, 0) is 79.3 Å². The molecule has 4 aromatic rings. The lowest BCUT2D eigenvalue weighted by Crippen LogP contribution is -2.32. The predicted octanol–water partition coefficient (Wildman–Crippen LogP) is 6.79. The molecule has 2 aromatic heterocycles. The Morgan fingerprint density at radius 3 is 2.65 bits per heavy atom. The lowest BCUT2D eigenvalue weighted by Gasteiger charge is -2.25. The summed E-state index contributed by atoms with van der Waals surface area (Å²) in [5.41, 5.74) is 2.68. The molecule has 3 heterocycles. The van der Waals surface area contributed by atoms with Crippen LogP contribution in [0.2, 0.25) is 5.02 Å². The van der Waals surface area contributed by atoms with Crippen molar-refractivity contribution in [2.75, 3.05) is 11.9 Å². The average molecular weight is 549 g/mol. The average Bonchev–Trinajstić information content (AvgIpc) is 3.49. The molecule has 2 atom stereocenters. The number of nitrogens with one attached hydrogen (secondary N) is 2. The number of carbonyl (C=O) groups excluding carboxylic acids is 1. The molecule has 0 unspecified atom stereocenters. The molecule has 2 aromatic carbocycles. The van der Waals surface area contributed by atoms with E-state index in [1.165, 1.54) is 11.8 Å². The Morgan fingerprint density at radius 2 is 1.89 bits per heavy atom. The maximum Gasteiger partial charge on any atom is 0.226 e. The Kier molecular flexibility index (Phi) is 7.79. The number of furan rings is 1. The summed E-state index contributed by atoms with van der Waals surface area (Å²) in [6.07, 6.45) is 2.04. The number of carbonyl (C=O) groups is 1. The summed E-state index contributed by atoms with van der Waals surface area (Å²) >= 11 is 13.3. The molecule has 1 aliphatic rings. The fraction of sp³-hybridized carbons (Fsp3) is 0.179. The molecule has 1 amide bonds. The van der Waals surface area contributed by atoms with Crippen LogP contribution >= 0.6 is 35.6 Å². The highest BCUT2D eigenvalue weighted by Crippen LogP contribution is 2.41. The Bertz CT molecular complexity index is 1390. The summed E-state index contributed by atoms with van der Waals surface area (Å²) < 4.78 is 6.31. The minimum Gasteiger partial charge on any atom is -0.452 e. The molecule has 0 radical (unpaired) electrons. The van der Waals surface area contributed by atoms with E-state index in [2.05, 4.69) is 15.6 Å². The summed E-state index contributed by atoms with van der Waals surface area (Å²) in [7, 11) is 0. The Morgan fingerprint density at radius 1 is 1.11 bits per heavy atom. The van der Waals surface area contributed by atoms with Crippen LogP contribution in [0.25, 0.3) is 0 Å². The second-order valence-corrected chi connectivity index (χ2v) is 10.5. The molecule has 1 saturated heterocycles. The van der Waals surface area contributed by atoms with E-state index in [4.69, 9.17) is 28.2 Å². The van der Waals surface area contributed by atoms with E-state index in [1.807, 2.05) is 90.7 Å². The number of thiocarbonyl (C=S) groups is 1. The fourth-order valence-corrected chi connectivity index (χ4v) is 5.51. The van der Waals surface area contributed by atoms with Crippen LogP contribution in [-0.4, -0.2) is 27.4 Å². The summed E-state index contributed by atoms with van der Waals surface area (Å²) in [6.45, 7) is 2.40. The summed E-state index contributed by atoms with van der Waals surface area (Å²) in [6, 6.07) is 24.6. The van der Waals surface area contributed by atoms with E-state index in [-0.39, 0.29) is 24.4 Å². The highest BCUT2D eigenvalue weighted by molar-refractivity contribution is 7.99. The maximum absolute atomic E-state index is 12.8. The highest BCUT2D eigenvalue weighted by Gasteiger charge is 2.41. The second-order valence-electron chi connectivity index (χ2n) is 8.65. The van der Waals surface area contributed by atoms with Crippen molar-refractivity contribution < 1.29 is 9.21 Å². The molecule has 0 bridgehead atoms. The first-order chi connectivity index (χ1) is 18.0. The zero-order valence-electron chi connectivity index (χ0n) is 20.1. The van der Waals surface area contributed by atoms with Crippen LogP contribution in [0.3, 0.4) is 0 Å². The molecule has 5 rings (SSSR count). The number of aryl methyl sites for hydroxylation is 1. The van der Waals surface area contributed by atoms with Gasteiger partial charge in [0.25, 0.3) is 0 Å². The van der Waals surface area contributed by atoms with Gasteiger partial charge in [0.05, 0.1) is 11.7 Å². The lowest BCUT2D eigenvalue weighted by atomic mass is 10.0. The van der Waals surface area contributed by atoms with Gasteiger partial charge < -0.3 is 20.0 Å². The Balaban J connectivity index is 1.36. The molecule has 37 heavy (non-hydrogen) atoms. The number of rotatable bonds is 8. The van der Waals surface area contributed by atoms with Crippen LogP contribution in [0.15, 0.2) is 99.5 Å². The third-order valence-electron chi connectivity index (χ3n) is 6.12. The first kappa shape index (κ1) is 25.3. The van der Waals surface area contributed by atoms with Gasteiger partial charge in [0.2, 0.25) is 5.91 Å². The summed E-state index contributed by atoms with van der Waals surface area (Å²) in [5, 5.41) is 8.41. The molecule has 188 valence electrons. The lowest BCUT2D eigenvalue weighted by molar-refractivity contribution is -0.116. The Hall–Kier alpha value is -3.33. The number of amides is 1. The van der Waals surface area contributed by atoms with Gasteiger partial charge in [0.15, 0.2) is 10.2 Å². The van der Waals surface area contributed by atoms with Crippen LogP contribution in [-0.2, 0) is 4.79 Å². The minimum atomic E-state index is -0.256. The van der Waals surface area contributed by atoms with Crippen molar-refractivity contribution in [3.8, 4) is 0 Å². The van der Waals surface area contributed by atoms with Crippen LogP contribution in [0.4, 0.5) is 5.69 Å². The highest BCUT2D eigenvalue weighted by atomic mass is 35.5. The Labute approximate surface area is 230 Å². The molecule has 0 aliphatic carbocycles. The van der Waals surface area contributed by atoms with Gasteiger partial charge in [0.1, 0.15) is 11.8 Å². The van der Waals surface area contributed by atoms with Crippen molar-refractivity contribution in [1.82, 2.24) is 15.2 Å². The molecule has 0 spiro atoms. The number of hydrogen-bond acceptors (Lipinski definition) is 5. The maximum atomic E-state index is 12.8. The van der Waals surface area contributed by atoms with E-state index >= 15 is 0 Å². The number of anilines is 1. The van der Waals surface area contributed by atoms with Crippen molar-refractivity contribution in [3.63, 3.8) is 0 Å². The van der Waals surface area contributed by atoms with Gasteiger partial charge in [0, 0.05) is 34.8 Å². The number of pyridine rings is 1. The van der Waals surface area contributed by atoms with Gasteiger partial charge in [-0.2, -0.15) is 0 Å². The minimum absolute atomic E-state index is 0.0736. The standard InChI is InChI=1S/C28H25ClN4O2S2/c1-18-6-2-3-7-21(18)31-24(34)15-17-33-27(26(32-28(33)36)22-8-4-5-16-30-22)23-13-14-25(35-23)37-20-11-9-19(29)10-12-20/h2-14,16,26-27H,15,17H2,1H3,(H,31,34)(H,32,36)/t26-,27+/m1/s1. The zero-order valence-corrected chi connectivity index (χ0v) is 22.4. The molecule has 2 N–H and O–H groups in total. The number of benzene rings is 2. The first-order valence-corrected chi connectivity index (χ1v) is 13.4. The van der Waals surface area contributed by atoms with E-state index in [0.29, 0.717) is 16.7 Å². The van der Waals surface area contributed by atoms with Crippen molar-refractivity contribution in [2.24, 2.45) is 0 Å². The number of hydrogen-bond donors (Lipinski definition) is 2. The molecule has 6 nitrogen and oxygen atoms in total. The molecule has 0 saturated carbocycles. The molecular formula is C28H25ClN4O2S2. The van der Waals surface area contributed by atoms with Crippen molar-refractivity contribution >= 4 is 52.3 Å². The SMILES string of the molecule is Cc1ccccc1NC(=O)CCN1C(=S)N[C@H](c2ccccn2)[C@@H]1c1ccc(Sc2ccc(Cl)cc2)o1. The van der Waals surface area contributed by atoms with E-state index in [1.54, 1.807) is 6.20 Å². The summed E-state index contributed by atoms with van der Waals surface area (Å²) in [4.78, 5) is 20.4. The van der Waals surface area contributed by atoms with Gasteiger partial charge >= 0.3 is 0 Å². The van der Waals surface area contributed by atoms with Gasteiger partial charge in [-0.3, -0.25) is 9.78 Å². The van der Waals surface area contributed by atoms with Gasteiger partial charge in [-0.1, -0.05) is 47.6 Å². The normalized spacial score (nSPS) is 17.0. The summed E-state index contributed by atoms with van der Waals surface area (Å²) in [5.74, 6) is 0.675. The third kappa shape index (κ3) is 5.98. The number of nitrogens with zero attached hydrogens (tertiary/aromatic N) is 2. The van der Waals surface area contributed by atoms with E-state index < -0.39 is 0 Å². The largest absolute Gasteiger partial charge is 0.452 e. The van der Waals surface area contributed by atoms with Crippen molar-refractivity contribution in [1.29, 1.82) is 0 Å². The third-order valence-corrected chi connectivity index (χ3v) is 7.66. The monoisotopic (exact) mass is 548 g/mol. The van der Waals surface area contributed by atoms with Gasteiger partial charge in [-0.15, -0.1) is 0 Å². The molecule has 1 aliphatic heterocycles. The topological polar surface area (TPSA) is 70.4 Å². The van der Waals surface area contributed by atoms with Crippen molar-refractivity contribution in [2.45, 2.75) is 35.4 Å². The fourth-order valence-electron chi connectivity index (χ4n) is 4.27. The zero-order chi connectivity index (χ0) is 25.8. The number of halogens is 1. The van der Waals surface area contributed by atoms with Crippen LogP contribution < -0.4 is 10.6 Å². The molecule has 9 heteroatoms. The van der Waals surface area contributed by atoms with E-state index in [9.17, 15) is 4.79 Å². The van der Waals surface area contributed by atoms with E-state index in [0.717, 1.165) is 32.7 Å². The number of aromatic nitrogens is 1. The second kappa shape index (κ2) is 11.4. The van der Waals surface area contributed by atoms with Gasteiger partial charge in [-0.25, -0.2) is 0 Å². The first-order valence-electron chi connectivity index (χ1n) is 11.8. The van der Waals surface area contributed by atoms with Crippen LogP contribution in [0.1, 0.15) is 35.5 Å². The quantitative estimate of drug-likeness (QED) is 0.235. The predicted molar refractivity (Wildman–Crippen MR) is 151 cm³/mol.